The molecule has 1 aliphatic heterocycles. The number of likely N-dealkylation sites (N-methyl/N-ethyl adjacent to an activating group) is 1. The highest BCUT2D eigenvalue weighted by Gasteiger charge is 2.42. The third-order valence-electron chi connectivity index (χ3n) is 4.83. The van der Waals surface area contributed by atoms with E-state index in [9.17, 15) is 4.79 Å². The second kappa shape index (κ2) is 7.07. The molecule has 1 heterocycles. The Balaban J connectivity index is 2.03. The van der Waals surface area contributed by atoms with Gasteiger partial charge in [0.15, 0.2) is 0 Å². The molecule has 0 radical (unpaired) electrons. The van der Waals surface area contributed by atoms with Crippen molar-refractivity contribution in [1.29, 1.82) is 0 Å². The van der Waals surface area contributed by atoms with E-state index >= 15 is 0 Å². The molecule has 21 heavy (non-hydrogen) atoms. The molecule has 2 rings (SSSR count). The molecule has 0 bridgehead atoms. The fourth-order valence-electron chi connectivity index (χ4n) is 3.72. The summed E-state index contributed by atoms with van der Waals surface area (Å²) in [4.78, 5) is 14.4. The van der Waals surface area contributed by atoms with E-state index in [-0.39, 0.29) is 17.0 Å². The number of morpholine rings is 1. The number of nitrogens with one attached hydrogen (secondary N) is 2. The molecule has 0 unspecified atom stereocenters. The maximum atomic E-state index is 11.8. The summed E-state index contributed by atoms with van der Waals surface area (Å²) in [5.41, 5.74) is 0.0420. The molecule has 5 heteroatoms. The largest absolute Gasteiger partial charge is 0.373 e. The van der Waals surface area contributed by atoms with E-state index in [1.54, 1.807) is 7.05 Å². The van der Waals surface area contributed by atoms with Crippen LogP contribution in [0, 0.1) is 0 Å². The molecule has 1 amide bonds. The highest BCUT2D eigenvalue weighted by Crippen LogP contribution is 2.35. The first-order valence-corrected chi connectivity index (χ1v) is 8.28. The fraction of sp³-hybridized carbons (Fsp3) is 0.938. The monoisotopic (exact) mass is 297 g/mol. The fourth-order valence-corrected chi connectivity index (χ4v) is 3.72. The number of hydrogen-bond donors (Lipinski definition) is 2. The molecule has 0 spiro atoms. The van der Waals surface area contributed by atoms with Crippen molar-refractivity contribution in [3.8, 4) is 0 Å². The number of hydrogen-bond acceptors (Lipinski definition) is 4. The molecule has 122 valence electrons. The summed E-state index contributed by atoms with van der Waals surface area (Å²) in [5.74, 6) is 0.0926. The SMILES string of the molecule is CNCC(=O)NCC1(N2CCOC(C)(C)C2)CCCCC1. The Hall–Kier alpha value is -0.650. The Bertz CT molecular complexity index is 351. The van der Waals surface area contributed by atoms with Crippen molar-refractivity contribution in [2.75, 3.05) is 39.8 Å². The Morgan fingerprint density at radius 3 is 2.57 bits per heavy atom. The molecular formula is C16H31N3O2. The summed E-state index contributed by atoms with van der Waals surface area (Å²) < 4.78 is 5.86. The maximum absolute atomic E-state index is 11.8. The molecule has 2 fully saturated rings. The maximum Gasteiger partial charge on any atom is 0.234 e. The molecule has 2 N–H and O–H groups in total. The second-order valence-corrected chi connectivity index (χ2v) is 7.12. The van der Waals surface area contributed by atoms with Gasteiger partial charge in [-0.3, -0.25) is 9.69 Å². The van der Waals surface area contributed by atoms with E-state index in [4.69, 9.17) is 4.74 Å². The van der Waals surface area contributed by atoms with Gasteiger partial charge < -0.3 is 15.4 Å². The van der Waals surface area contributed by atoms with Crippen LogP contribution in [0.5, 0.6) is 0 Å². The van der Waals surface area contributed by atoms with Gasteiger partial charge in [0.1, 0.15) is 0 Å². The zero-order valence-corrected chi connectivity index (χ0v) is 13.8. The Morgan fingerprint density at radius 1 is 1.24 bits per heavy atom. The van der Waals surface area contributed by atoms with E-state index in [0.717, 1.165) is 26.2 Å². The minimum Gasteiger partial charge on any atom is -0.373 e. The van der Waals surface area contributed by atoms with Crippen LogP contribution in [0.25, 0.3) is 0 Å². The standard InChI is InChI=1S/C16H31N3O2/c1-15(2)13-19(9-10-21-15)16(7-5-4-6-8-16)12-18-14(20)11-17-3/h17H,4-13H2,1-3H3,(H,18,20). The summed E-state index contributed by atoms with van der Waals surface area (Å²) >= 11 is 0. The summed E-state index contributed by atoms with van der Waals surface area (Å²) in [6, 6.07) is 0. The van der Waals surface area contributed by atoms with Gasteiger partial charge in [-0.05, 0) is 33.7 Å². The third-order valence-corrected chi connectivity index (χ3v) is 4.83. The van der Waals surface area contributed by atoms with Gasteiger partial charge in [-0.25, -0.2) is 0 Å². The number of ether oxygens (including phenoxy) is 1. The van der Waals surface area contributed by atoms with Crippen molar-refractivity contribution in [1.82, 2.24) is 15.5 Å². The van der Waals surface area contributed by atoms with Gasteiger partial charge in [-0.2, -0.15) is 0 Å². The van der Waals surface area contributed by atoms with E-state index < -0.39 is 0 Å². The van der Waals surface area contributed by atoms with Crippen molar-refractivity contribution in [3.05, 3.63) is 0 Å². The molecule has 0 aromatic rings. The first-order chi connectivity index (χ1) is 9.97. The van der Waals surface area contributed by atoms with Crippen molar-refractivity contribution < 1.29 is 9.53 Å². The predicted molar refractivity (Wildman–Crippen MR) is 84.4 cm³/mol. The lowest BCUT2D eigenvalue weighted by molar-refractivity contribution is -0.128. The Kier molecular flexibility index (Phi) is 5.63. The van der Waals surface area contributed by atoms with Crippen LogP contribution < -0.4 is 10.6 Å². The minimum absolute atomic E-state index is 0.0856. The number of amides is 1. The van der Waals surface area contributed by atoms with Crippen LogP contribution >= 0.6 is 0 Å². The average molecular weight is 297 g/mol. The van der Waals surface area contributed by atoms with Crippen LogP contribution in [0.1, 0.15) is 46.0 Å². The molecule has 0 aromatic heterocycles. The minimum atomic E-state index is -0.0856. The smallest absolute Gasteiger partial charge is 0.234 e. The molecule has 1 saturated carbocycles. The summed E-state index contributed by atoms with van der Waals surface area (Å²) in [5, 5.41) is 6.05. The molecule has 1 aliphatic carbocycles. The number of nitrogens with zero attached hydrogens (tertiary/aromatic N) is 1. The Labute approximate surface area is 128 Å². The van der Waals surface area contributed by atoms with Crippen molar-refractivity contribution in [2.45, 2.75) is 57.1 Å². The van der Waals surface area contributed by atoms with Crippen LogP contribution in [-0.4, -0.2) is 61.8 Å². The van der Waals surface area contributed by atoms with Gasteiger partial charge in [-0.1, -0.05) is 19.3 Å². The summed E-state index contributed by atoms with van der Waals surface area (Å²) in [6.45, 7) is 8.21. The van der Waals surface area contributed by atoms with Crippen LogP contribution in [0.2, 0.25) is 0 Å². The van der Waals surface area contributed by atoms with E-state index in [1.807, 2.05) is 0 Å². The van der Waals surface area contributed by atoms with Crippen molar-refractivity contribution in [2.24, 2.45) is 0 Å². The van der Waals surface area contributed by atoms with Crippen LogP contribution in [0.15, 0.2) is 0 Å². The van der Waals surface area contributed by atoms with Gasteiger partial charge in [0.2, 0.25) is 5.91 Å². The predicted octanol–water partition coefficient (Wildman–Crippen LogP) is 1.14. The second-order valence-electron chi connectivity index (χ2n) is 7.12. The highest BCUT2D eigenvalue weighted by atomic mass is 16.5. The Morgan fingerprint density at radius 2 is 1.95 bits per heavy atom. The van der Waals surface area contributed by atoms with Crippen LogP contribution in [-0.2, 0) is 9.53 Å². The third kappa shape index (κ3) is 4.41. The molecular weight excluding hydrogens is 266 g/mol. The lowest BCUT2D eigenvalue weighted by Crippen LogP contribution is -2.63. The van der Waals surface area contributed by atoms with E-state index in [2.05, 4.69) is 29.4 Å². The zero-order valence-electron chi connectivity index (χ0n) is 13.8. The van der Waals surface area contributed by atoms with Gasteiger partial charge in [0.25, 0.3) is 0 Å². The van der Waals surface area contributed by atoms with Gasteiger partial charge in [-0.15, -0.1) is 0 Å². The highest BCUT2D eigenvalue weighted by molar-refractivity contribution is 5.78. The molecule has 0 atom stereocenters. The molecule has 1 saturated heterocycles. The number of rotatable bonds is 5. The average Bonchev–Trinajstić information content (AvgIpc) is 2.45. The van der Waals surface area contributed by atoms with Crippen molar-refractivity contribution in [3.63, 3.8) is 0 Å². The van der Waals surface area contributed by atoms with Gasteiger partial charge >= 0.3 is 0 Å². The molecule has 2 aliphatic rings. The number of carbonyl (C=O) groups is 1. The van der Waals surface area contributed by atoms with Gasteiger partial charge in [0.05, 0.1) is 18.8 Å². The molecule has 5 nitrogen and oxygen atoms in total. The topological polar surface area (TPSA) is 53.6 Å². The quantitative estimate of drug-likeness (QED) is 0.799. The zero-order chi connectivity index (χ0) is 15.3. The summed E-state index contributed by atoms with van der Waals surface area (Å²) in [6.07, 6.45) is 6.21. The number of carbonyl (C=O) groups excluding carboxylic acids is 1. The van der Waals surface area contributed by atoms with Crippen molar-refractivity contribution >= 4 is 5.91 Å². The van der Waals surface area contributed by atoms with E-state index in [0.29, 0.717) is 6.54 Å². The van der Waals surface area contributed by atoms with Crippen LogP contribution in [0.3, 0.4) is 0 Å². The first kappa shape index (κ1) is 16.7. The lowest BCUT2D eigenvalue weighted by Gasteiger charge is -2.51. The van der Waals surface area contributed by atoms with Crippen LogP contribution in [0.4, 0.5) is 0 Å². The lowest BCUT2D eigenvalue weighted by atomic mass is 9.79. The normalized spacial score (nSPS) is 25.5. The first-order valence-electron chi connectivity index (χ1n) is 8.28. The van der Waals surface area contributed by atoms with Gasteiger partial charge in [0, 0.05) is 25.2 Å². The summed E-state index contributed by atoms with van der Waals surface area (Å²) in [7, 11) is 1.81. The van der Waals surface area contributed by atoms with E-state index in [1.165, 1.54) is 32.1 Å². The molecule has 0 aromatic carbocycles.